The molecule has 10 heteroatoms. The summed E-state index contributed by atoms with van der Waals surface area (Å²) in [5.74, 6) is -2.93. The van der Waals surface area contributed by atoms with Crippen molar-refractivity contribution in [3.05, 3.63) is 23.8 Å². The molecule has 40 heavy (non-hydrogen) atoms. The molecular formula is C30H47NO9. The monoisotopic (exact) mass is 565 g/mol. The lowest BCUT2D eigenvalue weighted by molar-refractivity contribution is -0.139. The number of ether oxygens (including phenoxy) is 4. The third-order valence-corrected chi connectivity index (χ3v) is 6.62. The molecule has 1 rings (SSSR count). The Kier molecular flexibility index (Phi) is 14.7. The third-order valence-electron chi connectivity index (χ3n) is 6.62. The molecule has 0 saturated carbocycles. The zero-order valence-corrected chi connectivity index (χ0v) is 25.1. The van der Waals surface area contributed by atoms with Crippen molar-refractivity contribution in [3.8, 4) is 11.5 Å². The van der Waals surface area contributed by atoms with Crippen LogP contribution < -0.4 is 15.2 Å². The normalized spacial score (nSPS) is 14.4. The van der Waals surface area contributed by atoms with Crippen LogP contribution in [-0.4, -0.2) is 47.9 Å². The fourth-order valence-corrected chi connectivity index (χ4v) is 3.72. The van der Waals surface area contributed by atoms with Crippen molar-refractivity contribution in [2.45, 2.75) is 99.1 Å². The Bertz CT molecular complexity index is 989. The molecule has 0 aliphatic carbocycles. The molecule has 4 atom stereocenters. The maximum atomic E-state index is 12.6. The molecule has 0 fully saturated rings. The van der Waals surface area contributed by atoms with E-state index in [0.29, 0.717) is 24.3 Å². The number of carboxylic acid groups (broad SMARTS) is 1. The van der Waals surface area contributed by atoms with Gasteiger partial charge in [-0.05, 0) is 61.1 Å². The highest BCUT2D eigenvalue weighted by atomic mass is 16.7. The van der Waals surface area contributed by atoms with Crippen molar-refractivity contribution in [1.29, 1.82) is 0 Å². The van der Waals surface area contributed by atoms with Crippen molar-refractivity contribution in [2.24, 2.45) is 29.4 Å². The molecule has 3 N–H and O–H groups in total. The van der Waals surface area contributed by atoms with E-state index < -0.39 is 41.9 Å². The van der Waals surface area contributed by atoms with E-state index in [-0.39, 0.29) is 48.9 Å². The standard InChI is InChI=1S/C30H47NO9/c1-17(2)9-13-25(32)39-23-12-11-22(15-24(23)40-26(33)14-10-18(3)4)27(28(31)29(34)35)20(7)16-37-30(36)38-21(8)19(5)6/h11-12,15,17-21,27-28H,9-10,13-14,16,31H2,1-8H3,(H,34,35)/t20?,21?,27?,28-/m0/s1. The van der Waals surface area contributed by atoms with Crippen LogP contribution >= 0.6 is 0 Å². The molecule has 0 radical (unpaired) electrons. The second kappa shape index (κ2) is 16.8. The summed E-state index contributed by atoms with van der Waals surface area (Å²) in [4.78, 5) is 49.1. The Morgan fingerprint density at radius 3 is 1.82 bits per heavy atom. The van der Waals surface area contributed by atoms with Crippen LogP contribution in [0.1, 0.15) is 92.6 Å². The third kappa shape index (κ3) is 12.4. The molecule has 0 saturated heterocycles. The highest BCUT2D eigenvalue weighted by Crippen LogP contribution is 2.36. The molecular weight excluding hydrogens is 518 g/mol. The second-order valence-electron chi connectivity index (χ2n) is 11.5. The maximum absolute atomic E-state index is 12.6. The van der Waals surface area contributed by atoms with Crippen LogP contribution in [-0.2, 0) is 23.9 Å². The first kappa shape index (κ1) is 34.9. The number of benzene rings is 1. The summed E-state index contributed by atoms with van der Waals surface area (Å²) in [6, 6.07) is 3.12. The summed E-state index contributed by atoms with van der Waals surface area (Å²) >= 11 is 0. The minimum Gasteiger partial charge on any atom is -0.480 e. The Morgan fingerprint density at radius 1 is 0.825 bits per heavy atom. The topological polar surface area (TPSA) is 151 Å². The first-order valence-electron chi connectivity index (χ1n) is 14.0. The van der Waals surface area contributed by atoms with Crippen LogP contribution in [0.2, 0.25) is 0 Å². The Hall–Kier alpha value is -3.14. The van der Waals surface area contributed by atoms with Gasteiger partial charge < -0.3 is 29.8 Å². The number of hydrogen-bond acceptors (Lipinski definition) is 9. The predicted molar refractivity (Wildman–Crippen MR) is 150 cm³/mol. The lowest BCUT2D eigenvalue weighted by Gasteiger charge is -2.28. The quantitative estimate of drug-likeness (QED) is 0.189. The van der Waals surface area contributed by atoms with Crippen molar-refractivity contribution < 1.29 is 43.2 Å². The van der Waals surface area contributed by atoms with Gasteiger partial charge in [0.2, 0.25) is 0 Å². The first-order valence-corrected chi connectivity index (χ1v) is 14.0. The first-order chi connectivity index (χ1) is 18.6. The molecule has 0 aliphatic heterocycles. The van der Waals surface area contributed by atoms with Crippen molar-refractivity contribution >= 4 is 24.1 Å². The number of nitrogens with two attached hydrogens (primary N) is 1. The van der Waals surface area contributed by atoms with Gasteiger partial charge in [-0.25, -0.2) is 4.79 Å². The summed E-state index contributed by atoms with van der Waals surface area (Å²) in [5.41, 5.74) is 6.50. The predicted octanol–water partition coefficient (Wildman–Crippen LogP) is 5.70. The van der Waals surface area contributed by atoms with Gasteiger partial charge in [-0.3, -0.25) is 14.4 Å². The van der Waals surface area contributed by atoms with Gasteiger partial charge in [-0.1, -0.05) is 54.5 Å². The minimum absolute atomic E-state index is 0.00923. The van der Waals surface area contributed by atoms with Crippen LogP contribution in [0, 0.1) is 23.7 Å². The van der Waals surface area contributed by atoms with Crippen molar-refractivity contribution in [3.63, 3.8) is 0 Å². The van der Waals surface area contributed by atoms with E-state index in [9.17, 15) is 24.3 Å². The zero-order valence-electron chi connectivity index (χ0n) is 25.1. The summed E-state index contributed by atoms with van der Waals surface area (Å²) in [7, 11) is 0. The van der Waals surface area contributed by atoms with Gasteiger partial charge >= 0.3 is 24.1 Å². The summed E-state index contributed by atoms with van der Waals surface area (Å²) in [5, 5.41) is 9.72. The number of carboxylic acids is 1. The van der Waals surface area contributed by atoms with Gasteiger partial charge in [0.15, 0.2) is 11.5 Å². The van der Waals surface area contributed by atoms with Gasteiger partial charge in [-0.2, -0.15) is 0 Å². The number of rotatable bonds is 16. The molecule has 0 aliphatic rings. The Morgan fingerprint density at radius 2 is 1.35 bits per heavy atom. The van der Waals surface area contributed by atoms with E-state index in [2.05, 4.69) is 0 Å². The van der Waals surface area contributed by atoms with Gasteiger partial charge in [-0.15, -0.1) is 0 Å². The number of carbonyl (C=O) groups excluding carboxylic acids is 3. The lowest BCUT2D eigenvalue weighted by atomic mass is 9.82. The molecule has 3 unspecified atom stereocenters. The van der Waals surface area contributed by atoms with E-state index in [1.807, 2.05) is 41.5 Å². The van der Waals surface area contributed by atoms with E-state index in [4.69, 9.17) is 24.7 Å². The molecule has 0 heterocycles. The van der Waals surface area contributed by atoms with Gasteiger partial charge in [0, 0.05) is 18.8 Å². The van der Waals surface area contributed by atoms with Gasteiger partial charge in [0.05, 0.1) is 6.61 Å². The largest absolute Gasteiger partial charge is 0.508 e. The van der Waals surface area contributed by atoms with Crippen LogP contribution in [0.3, 0.4) is 0 Å². The van der Waals surface area contributed by atoms with E-state index in [1.54, 1.807) is 19.9 Å². The van der Waals surface area contributed by atoms with Crippen LogP contribution in [0.25, 0.3) is 0 Å². The molecule has 0 bridgehead atoms. The van der Waals surface area contributed by atoms with Gasteiger partial charge in [0.1, 0.15) is 12.1 Å². The lowest BCUT2D eigenvalue weighted by Crippen LogP contribution is -2.40. The fourth-order valence-electron chi connectivity index (χ4n) is 3.72. The molecule has 226 valence electrons. The molecule has 0 spiro atoms. The van der Waals surface area contributed by atoms with Crippen molar-refractivity contribution in [1.82, 2.24) is 0 Å². The SMILES string of the molecule is CC(C)CCC(=O)Oc1ccc(C(C(C)COC(=O)OC(C)C(C)C)[C@H](N)C(=O)O)cc1OC(=O)CCC(C)C. The number of hydrogen-bond donors (Lipinski definition) is 2. The van der Waals surface area contributed by atoms with Crippen LogP contribution in [0.15, 0.2) is 18.2 Å². The number of carbonyl (C=O) groups is 4. The average Bonchev–Trinajstić information content (AvgIpc) is 2.86. The summed E-state index contributed by atoms with van der Waals surface area (Å²) in [6.45, 7) is 15.0. The highest BCUT2D eigenvalue weighted by molar-refractivity contribution is 5.77. The molecule has 1 aromatic carbocycles. The number of aliphatic carboxylic acids is 1. The fraction of sp³-hybridized carbons (Fsp3) is 0.667. The maximum Gasteiger partial charge on any atom is 0.508 e. The molecule has 0 amide bonds. The minimum atomic E-state index is -1.37. The molecule has 1 aromatic rings. The van der Waals surface area contributed by atoms with Crippen LogP contribution in [0.5, 0.6) is 11.5 Å². The highest BCUT2D eigenvalue weighted by Gasteiger charge is 2.33. The smallest absolute Gasteiger partial charge is 0.480 e. The van der Waals surface area contributed by atoms with Gasteiger partial charge in [0.25, 0.3) is 0 Å². The Balaban J connectivity index is 3.29. The summed E-state index contributed by atoms with van der Waals surface area (Å²) in [6.07, 6.45) is 0.358. The van der Waals surface area contributed by atoms with E-state index in [0.717, 1.165) is 0 Å². The summed E-state index contributed by atoms with van der Waals surface area (Å²) < 4.78 is 21.6. The van der Waals surface area contributed by atoms with E-state index >= 15 is 0 Å². The van der Waals surface area contributed by atoms with E-state index in [1.165, 1.54) is 12.1 Å². The van der Waals surface area contributed by atoms with Crippen molar-refractivity contribution in [2.75, 3.05) is 6.61 Å². The average molecular weight is 566 g/mol. The number of esters is 2. The van der Waals surface area contributed by atoms with Crippen LogP contribution in [0.4, 0.5) is 4.79 Å². The molecule has 10 nitrogen and oxygen atoms in total. The zero-order chi connectivity index (χ0) is 30.6. The molecule has 0 aromatic heterocycles. The Labute approximate surface area is 237 Å². The second-order valence-corrected chi connectivity index (χ2v) is 11.5.